The van der Waals surface area contributed by atoms with Crippen molar-refractivity contribution >= 4 is 21.9 Å². The highest BCUT2D eigenvalue weighted by Gasteiger charge is 2.31. The van der Waals surface area contributed by atoms with Crippen molar-refractivity contribution < 1.29 is 31.5 Å². The fourth-order valence-electron chi connectivity index (χ4n) is 2.23. The Balaban J connectivity index is 2.82. The molecule has 140 valence electrons. The molecule has 0 saturated heterocycles. The summed E-state index contributed by atoms with van der Waals surface area (Å²) in [5, 5.41) is 0. The molecule has 0 bridgehead atoms. The molecule has 0 unspecified atom stereocenters. The van der Waals surface area contributed by atoms with Gasteiger partial charge in [-0.25, -0.2) is 13.6 Å². The van der Waals surface area contributed by atoms with Gasteiger partial charge in [0.25, 0.3) is 12.0 Å². The van der Waals surface area contributed by atoms with Crippen molar-refractivity contribution in [3.63, 3.8) is 0 Å². The van der Waals surface area contributed by atoms with Crippen molar-refractivity contribution in [2.24, 2.45) is 0 Å². The van der Waals surface area contributed by atoms with E-state index in [9.17, 15) is 31.5 Å². The maximum Gasteiger partial charge on any atom is 0.416 e. The quantitative estimate of drug-likeness (QED) is 0.510. The van der Waals surface area contributed by atoms with Crippen molar-refractivity contribution in [2.75, 3.05) is 6.61 Å². The zero-order valence-electron chi connectivity index (χ0n) is 13.1. The van der Waals surface area contributed by atoms with Gasteiger partial charge in [-0.1, -0.05) is 6.07 Å². The van der Waals surface area contributed by atoms with Crippen LogP contribution in [0.2, 0.25) is 0 Å². The third-order valence-electron chi connectivity index (χ3n) is 3.32. The minimum absolute atomic E-state index is 0.0734. The van der Waals surface area contributed by atoms with Gasteiger partial charge in [-0.2, -0.15) is 13.2 Å². The molecule has 0 aliphatic carbocycles. The van der Waals surface area contributed by atoms with Crippen molar-refractivity contribution in [3.8, 4) is 5.69 Å². The summed E-state index contributed by atoms with van der Waals surface area (Å²) in [7, 11) is 0. The number of hydrogen-bond donors (Lipinski definition) is 0. The number of carbonyl (C=O) groups excluding carboxylic acids is 1. The maximum atomic E-state index is 13.4. The summed E-state index contributed by atoms with van der Waals surface area (Å²) < 4.78 is 70.4. The average molecular weight is 440 g/mol. The number of halogens is 6. The number of nitrogens with zero attached hydrogens (tertiary/aromatic N) is 1. The van der Waals surface area contributed by atoms with Gasteiger partial charge >= 0.3 is 12.1 Å². The van der Waals surface area contributed by atoms with Crippen LogP contribution < -0.4 is 5.56 Å². The first-order valence-electron chi connectivity index (χ1n) is 7.16. The molecule has 0 radical (unpaired) electrons. The Kier molecular flexibility index (Phi) is 5.84. The molecule has 0 N–H and O–H groups in total. The van der Waals surface area contributed by atoms with Crippen LogP contribution in [0.3, 0.4) is 0 Å². The van der Waals surface area contributed by atoms with Gasteiger partial charge in [-0.05, 0) is 47.1 Å². The zero-order valence-corrected chi connectivity index (χ0v) is 14.7. The molecule has 0 aliphatic heterocycles. The van der Waals surface area contributed by atoms with Gasteiger partial charge in [-0.15, -0.1) is 0 Å². The SMILES string of the molecule is CCOC(=O)c1cc(Br)c(C(F)F)n(-c2cccc(C(F)(F)F)c2)c1=O. The van der Waals surface area contributed by atoms with E-state index in [4.69, 9.17) is 4.74 Å². The summed E-state index contributed by atoms with van der Waals surface area (Å²) in [6.07, 6.45) is -7.93. The monoisotopic (exact) mass is 439 g/mol. The third kappa shape index (κ3) is 3.95. The number of hydrogen-bond acceptors (Lipinski definition) is 3. The predicted molar refractivity (Wildman–Crippen MR) is 85.7 cm³/mol. The van der Waals surface area contributed by atoms with E-state index in [1.54, 1.807) is 0 Å². The highest BCUT2D eigenvalue weighted by Crippen LogP contribution is 2.33. The molecule has 0 fully saturated rings. The Labute approximate surface area is 152 Å². The van der Waals surface area contributed by atoms with Crippen molar-refractivity contribution in [1.82, 2.24) is 4.57 Å². The number of pyridine rings is 1. The first kappa shape index (κ1) is 20.1. The lowest BCUT2D eigenvalue weighted by Crippen LogP contribution is -2.29. The first-order chi connectivity index (χ1) is 12.1. The molecule has 1 aromatic carbocycles. The predicted octanol–water partition coefficient (Wildman–Crippen LogP) is 4.73. The summed E-state index contributed by atoms with van der Waals surface area (Å²) in [4.78, 5) is 24.4. The topological polar surface area (TPSA) is 48.3 Å². The van der Waals surface area contributed by atoms with Crippen LogP contribution in [0.25, 0.3) is 5.69 Å². The van der Waals surface area contributed by atoms with Gasteiger partial charge in [0, 0.05) is 10.2 Å². The molecular formula is C16H11BrF5NO3. The molecule has 4 nitrogen and oxygen atoms in total. The van der Waals surface area contributed by atoms with E-state index in [0.717, 1.165) is 24.3 Å². The second kappa shape index (κ2) is 7.56. The number of ether oxygens (including phenoxy) is 1. The van der Waals surface area contributed by atoms with Gasteiger partial charge < -0.3 is 4.74 Å². The van der Waals surface area contributed by atoms with Gasteiger partial charge in [0.15, 0.2) is 0 Å². The fraction of sp³-hybridized carbons (Fsp3) is 0.250. The van der Waals surface area contributed by atoms with E-state index < -0.39 is 46.6 Å². The lowest BCUT2D eigenvalue weighted by molar-refractivity contribution is -0.137. The van der Waals surface area contributed by atoms with Crippen LogP contribution in [-0.4, -0.2) is 17.1 Å². The molecule has 0 aliphatic rings. The summed E-state index contributed by atoms with van der Waals surface area (Å²) in [5.74, 6) is -1.07. The van der Waals surface area contributed by atoms with Gasteiger partial charge in [0.05, 0.1) is 12.2 Å². The fourth-order valence-corrected chi connectivity index (χ4v) is 2.81. The maximum absolute atomic E-state index is 13.4. The summed E-state index contributed by atoms with van der Waals surface area (Å²) in [6, 6.07) is 4.19. The molecule has 0 atom stereocenters. The van der Waals surface area contributed by atoms with Gasteiger partial charge in [0.2, 0.25) is 0 Å². The van der Waals surface area contributed by atoms with E-state index in [2.05, 4.69) is 15.9 Å². The molecule has 26 heavy (non-hydrogen) atoms. The Morgan fingerprint density at radius 2 is 1.92 bits per heavy atom. The summed E-state index contributed by atoms with van der Waals surface area (Å²) >= 11 is 2.84. The van der Waals surface area contributed by atoms with Gasteiger partial charge in [-0.3, -0.25) is 9.36 Å². The molecule has 2 rings (SSSR count). The second-order valence-electron chi connectivity index (χ2n) is 5.00. The van der Waals surface area contributed by atoms with Gasteiger partial charge in [0.1, 0.15) is 11.3 Å². The number of esters is 1. The third-order valence-corrected chi connectivity index (χ3v) is 3.96. The molecule has 0 amide bonds. The lowest BCUT2D eigenvalue weighted by Gasteiger charge is -2.17. The number of alkyl halides is 5. The van der Waals surface area contributed by atoms with Crippen LogP contribution in [0.4, 0.5) is 22.0 Å². The Hall–Kier alpha value is -2.23. The van der Waals surface area contributed by atoms with Crippen molar-refractivity contribution in [1.29, 1.82) is 0 Å². The molecule has 10 heteroatoms. The van der Waals surface area contributed by atoms with Crippen LogP contribution in [0.1, 0.15) is 35.0 Å². The standard InChI is InChI=1S/C16H11BrF5NO3/c1-2-26-15(25)10-7-11(17)12(13(18)19)23(14(10)24)9-5-3-4-8(6-9)16(20,21)22/h3-7,13H,2H2,1H3. The van der Waals surface area contributed by atoms with Crippen LogP contribution >= 0.6 is 15.9 Å². The first-order valence-corrected chi connectivity index (χ1v) is 7.95. The second-order valence-corrected chi connectivity index (χ2v) is 5.86. The largest absolute Gasteiger partial charge is 0.462 e. The number of aromatic nitrogens is 1. The number of carbonyl (C=O) groups is 1. The Morgan fingerprint density at radius 3 is 2.46 bits per heavy atom. The molecule has 2 aromatic rings. The number of benzene rings is 1. The van der Waals surface area contributed by atoms with Crippen molar-refractivity contribution in [3.05, 3.63) is 62.0 Å². The molecule has 1 heterocycles. The van der Waals surface area contributed by atoms with Crippen LogP contribution in [0.5, 0.6) is 0 Å². The van der Waals surface area contributed by atoms with E-state index >= 15 is 0 Å². The average Bonchev–Trinajstić information content (AvgIpc) is 2.55. The summed E-state index contributed by atoms with van der Waals surface area (Å²) in [6.45, 7) is 1.40. The Morgan fingerprint density at radius 1 is 1.27 bits per heavy atom. The lowest BCUT2D eigenvalue weighted by atomic mass is 10.1. The highest BCUT2D eigenvalue weighted by atomic mass is 79.9. The van der Waals surface area contributed by atoms with E-state index in [1.807, 2.05) is 0 Å². The summed E-state index contributed by atoms with van der Waals surface area (Å²) in [5.41, 5.74) is -4.24. The highest BCUT2D eigenvalue weighted by molar-refractivity contribution is 9.10. The van der Waals surface area contributed by atoms with Crippen LogP contribution in [-0.2, 0) is 10.9 Å². The number of rotatable bonds is 4. The van der Waals surface area contributed by atoms with Crippen LogP contribution in [0, 0.1) is 0 Å². The molecule has 0 saturated carbocycles. The van der Waals surface area contributed by atoms with Crippen molar-refractivity contribution in [2.45, 2.75) is 19.5 Å². The minimum Gasteiger partial charge on any atom is -0.462 e. The molecule has 0 spiro atoms. The van der Waals surface area contributed by atoms with E-state index in [-0.39, 0.29) is 11.1 Å². The van der Waals surface area contributed by atoms with Crippen LogP contribution in [0.15, 0.2) is 39.6 Å². The normalized spacial score (nSPS) is 11.7. The zero-order chi connectivity index (χ0) is 19.6. The Bertz CT molecular complexity index is 892. The van der Waals surface area contributed by atoms with E-state index in [0.29, 0.717) is 10.6 Å². The minimum atomic E-state index is -4.74. The molecule has 1 aromatic heterocycles. The smallest absolute Gasteiger partial charge is 0.416 e. The van der Waals surface area contributed by atoms with E-state index in [1.165, 1.54) is 6.92 Å². The molecular weight excluding hydrogens is 429 g/mol.